The fourth-order valence-corrected chi connectivity index (χ4v) is 4.99. The van der Waals surface area contributed by atoms with Gasteiger partial charge in [0.2, 0.25) is 0 Å². The Morgan fingerprint density at radius 3 is 1.68 bits per heavy atom. The largest absolute Gasteiger partial charge is 0.329 e. The Balaban J connectivity index is 2.00. The van der Waals surface area contributed by atoms with Gasteiger partial charge in [-0.25, -0.2) is 0 Å². The van der Waals surface area contributed by atoms with E-state index >= 15 is 0 Å². The summed E-state index contributed by atoms with van der Waals surface area (Å²) in [4.78, 5) is 0. The molecule has 3 aromatic carbocycles. The lowest BCUT2D eigenvalue weighted by molar-refractivity contribution is 0.0732. The van der Waals surface area contributed by atoms with Gasteiger partial charge in [0.15, 0.2) is 5.60 Å². The van der Waals surface area contributed by atoms with Crippen molar-refractivity contribution in [1.29, 1.82) is 0 Å². The molecule has 0 aromatic heterocycles. The van der Waals surface area contributed by atoms with Crippen LogP contribution in [-0.4, -0.2) is 6.66 Å². The van der Waals surface area contributed by atoms with Crippen LogP contribution in [0.4, 0.5) is 0 Å². The quantitative estimate of drug-likeness (QED) is 0.582. The molecule has 0 radical (unpaired) electrons. The first-order chi connectivity index (χ1) is 12.1. The van der Waals surface area contributed by atoms with E-state index in [4.69, 9.17) is 9.05 Å². The molecule has 25 heavy (non-hydrogen) atoms. The Labute approximate surface area is 147 Å². The highest BCUT2D eigenvalue weighted by Crippen LogP contribution is 2.67. The molecule has 3 nitrogen and oxygen atoms in total. The molecule has 4 heteroatoms. The summed E-state index contributed by atoms with van der Waals surface area (Å²) in [5, 5.41) is 0. The Morgan fingerprint density at radius 1 is 0.760 bits per heavy atom. The molecule has 2 atom stereocenters. The highest BCUT2D eigenvalue weighted by molar-refractivity contribution is 7.53. The van der Waals surface area contributed by atoms with E-state index in [0.717, 1.165) is 16.7 Å². The van der Waals surface area contributed by atoms with Gasteiger partial charge in [-0.1, -0.05) is 91.0 Å². The van der Waals surface area contributed by atoms with Crippen molar-refractivity contribution in [1.82, 2.24) is 0 Å². The molecule has 0 amide bonds. The molecule has 0 N–H and O–H groups in total. The van der Waals surface area contributed by atoms with Crippen molar-refractivity contribution < 1.29 is 13.6 Å². The molecule has 2 unspecified atom stereocenters. The summed E-state index contributed by atoms with van der Waals surface area (Å²) in [6, 6.07) is 29.6. The van der Waals surface area contributed by atoms with Crippen LogP contribution in [-0.2, 0) is 19.2 Å². The van der Waals surface area contributed by atoms with Crippen molar-refractivity contribution in [2.75, 3.05) is 6.66 Å². The number of hydrogen-bond acceptors (Lipinski definition) is 3. The van der Waals surface area contributed by atoms with Crippen LogP contribution in [0.5, 0.6) is 0 Å². The maximum atomic E-state index is 12.9. The minimum Gasteiger partial charge on any atom is -0.297 e. The molecule has 1 saturated heterocycles. The molecule has 3 aromatic rings. The van der Waals surface area contributed by atoms with Gasteiger partial charge in [-0.05, 0) is 16.7 Å². The summed E-state index contributed by atoms with van der Waals surface area (Å²) in [6.07, 6.45) is -0.491. The van der Waals surface area contributed by atoms with E-state index < -0.39 is 19.3 Å². The first-order valence-corrected chi connectivity index (χ1v) is 10.2. The van der Waals surface area contributed by atoms with Gasteiger partial charge in [0.25, 0.3) is 0 Å². The van der Waals surface area contributed by atoms with Crippen LogP contribution in [0.25, 0.3) is 0 Å². The highest BCUT2D eigenvalue weighted by atomic mass is 31.2. The zero-order valence-corrected chi connectivity index (χ0v) is 14.8. The maximum Gasteiger partial charge on any atom is 0.329 e. The highest BCUT2D eigenvalue weighted by Gasteiger charge is 2.56. The normalized spacial score (nSPS) is 24.9. The second kappa shape index (κ2) is 6.27. The second-order valence-electron chi connectivity index (χ2n) is 6.23. The Hall–Kier alpha value is -2.19. The fraction of sp³-hybridized carbons (Fsp3) is 0.143. The van der Waals surface area contributed by atoms with Gasteiger partial charge in [-0.2, -0.15) is 0 Å². The van der Waals surface area contributed by atoms with Crippen LogP contribution in [0.15, 0.2) is 91.0 Å². The van der Waals surface area contributed by atoms with Crippen molar-refractivity contribution in [3.63, 3.8) is 0 Å². The van der Waals surface area contributed by atoms with Crippen molar-refractivity contribution in [3.05, 3.63) is 108 Å². The molecule has 0 saturated carbocycles. The van der Waals surface area contributed by atoms with Gasteiger partial charge in [-0.15, -0.1) is 0 Å². The van der Waals surface area contributed by atoms with Crippen molar-refractivity contribution in [2.24, 2.45) is 0 Å². The fourth-order valence-electron chi connectivity index (χ4n) is 3.47. The molecular weight excluding hydrogens is 331 g/mol. The van der Waals surface area contributed by atoms with Crippen LogP contribution in [0.1, 0.15) is 22.8 Å². The van der Waals surface area contributed by atoms with Crippen LogP contribution < -0.4 is 0 Å². The van der Waals surface area contributed by atoms with Crippen molar-refractivity contribution >= 4 is 7.60 Å². The molecule has 0 bridgehead atoms. The smallest absolute Gasteiger partial charge is 0.297 e. The van der Waals surface area contributed by atoms with E-state index in [1.807, 2.05) is 91.0 Å². The average molecular weight is 350 g/mol. The third-order valence-corrected chi connectivity index (χ3v) is 5.70. The standard InChI is InChI=1S/C21H19O3P/c1-25(22)23-20(17-11-5-2-6-12-17)21(24-25,18-13-7-3-8-14-18)19-15-9-4-10-16-19/h2-16,20H,1H3. The Bertz CT molecular complexity index is 855. The predicted octanol–water partition coefficient (Wildman–Crippen LogP) is 5.54. The van der Waals surface area contributed by atoms with E-state index in [-0.39, 0.29) is 0 Å². The monoisotopic (exact) mass is 350 g/mol. The zero-order chi connectivity index (χ0) is 17.3. The van der Waals surface area contributed by atoms with Crippen LogP contribution in [0.3, 0.4) is 0 Å². The van der Waals surface area contributed by atoms with Gasteiger partial charge in [0.1, 0.15) is 6.10 Å². The molecule has 1 aliphatic rings. The molecule has 126 valence electrons. The van der Waals surface area contributed by atoms with Crippen molar-refractivity contribution in [3.8, 4) is 0 Å². The lowest BCUT2D eigenvalue weighted by Gasteiger charge is -2.33. The van der Waals surface area contributed by atoms with Crippen LogP contribution in [0, 0.1) is 0 Å². The summed E-state index contributed by atoms with van der Waals surface area (Å²) in [6.45, 7) is 1.54. The first kappa shape index (κ1) is 16.3. The molecule has 1 aliphatic heterocycles. The third kappa shape index (κ3) is 2.85. The van der Waals surface area contributed by atoms with Crippen molar-refractivity contribution in [2.45, 2.75) is 11.7 Å². The molecule has 4 rings (SSSR count). The summed E-state index contributed by atoms with van der Waals surface area (Å²) < 4.78 is 25.1. The molecular formula is C21H19O3P. The predicted molar refractivity (Wildman–Crippen MR) is 98.5 cm³/mol. The maximum absolute atomic E-state index is 12.9. The summed E-state index contributed by atoms with van der Waals surface area (Å²) in [5.74, 6) is 0. The molecule has 1 heterocycles. The van der Waals surface area contributed by atoms with Gasteiger partial charge in [-0.3, -0.25) is 13.6 Å². The Morgan fingerprint density at radius 2 is 1.20 bits per heavy atom. The third-order valence-electron chi connectivity index (χ3n) is 4.48. The van der Waals surface area contributed by atoms with E-state index in [9.17, 15) is 4.57 Å². The minimum atomic E-state index is -3.22. The lowest BCUT2D eigenvalue weighted by Crippen LogP contribution is -2.32. The SMILES string of the molecule is CP1(=O)OC(c2ccccc2)C(c2ccccc2)(c2ccccc2)O1. The minimum absolute atomic E-state index is 0.491. The Kier molecular flexibility index (Phi) is 4.09. The van der Waals surface area contributed by atoms with Gasteiger partial charge in [0, 0.05) is 6.66 Å². The van der Waals surface area contributed by atoms with Gasteiger partial charge in [0.05, 0.1) is 0 Å². The van der Waals surface area contributed by atoms with Gasteiger partial charge < -0.3 is 0 Å². The summed E-state index contributed by atoms with van der Waals surface area (Å²) in [7, 11) is -3.22. The number of hydrogen-bond donors (Lipinski definition) is 0. The topological polar surface area (TPSA) is 35.5 Å². The summed E-state index contributed by atoms with van der Waals surface area (Å²) >= 11 is 0. The van der Waals surface area contributed by atoms with Gasteiger partial charge >= 0.3 is 7.60 Å². The average Bonchev–Trinajstić information content (AvgIpc) is 2.97. The zero-order valence-electron chi connectivity index (χ0n) is 13.9. The molecule has 1 fully saturated rings. The van der Waals surface area contributed by atoms with E-state index in [1.165, 1.54) is 6.66 Å². The van der Waals surface area contributed by atoms with Crippen LogP contribution >= 0.6 is 7.60 Å². The number of benzene rings is 3. The molecule has 0 aliphatic carbocycles. The van der Waals surface area contributed by atoms with E-state index in [1.54, 1.807) is 0 Å². The molecule has 0 spiro atoms. The van der Waals surface area contributed by atoms with E-state index in [2.05, 4.69) is 0 Å². The number of rotatable bonds is 3. The lowest BCUT2D eigenvalue weighted by atomic mass is 9.79. The summed E-state index contributed by atoms with van der Waals surface area (Å²) in [5.41, 5.74) is 1.84. The second-order valence-corrected chi connectivity index (χ2v) is 8.16. The first-order valence-electron chi connectivity index (χ1n) is 8.24. The van der Waals surface area contributed by atoms with Crippen LogP contribution in [0.2, 0.25) is 0 Å². The van der Waals surface area contributed by atoms with E-state index in [0.29, 0.717) is 0 Å².